The molecule has 0 bridgehead atoms. The molecule has 0 unspecified atom stereocenters. The first kappa shape index (κ1) is 14.7. The van der Waals surface area contributed by atoms with Crippen LogP contribution in [0.1, 0.15) is 0 Å². The molecule has 5 nitrogen and oxygen atoms in total. The van der Waals surface area contributed by atoms with E-state index in [0.29, 0.717) is 12.5 Å². The maximum Gasteiger partial charge on any atom is 0.141 e. The second-order valence-electron chi connectivity index (χ2n) is 6.04. The number of nitrogens with two attached hydrogens (primary N) is 1. The molecule has 2 rings (SSSR count). The zero-order valence-corrected chi connectivity index (χ0v) is 13.3. The van der Waals surface area contributed by atoms with E-state index in [-0.39, 0.29) is 0 Å². The molecule has 20 heavy (non-hydrogen) atoms. The molecule has 6 heteroatoms. The van der Waals surface area contributed by atoms with Crippen molar-refractivity contribution in [2.75, 3.05) is 12.3 Å². The van der Waals surface area contributed by atoms with Crippen LogP contribution in [0, 0.1) is 0 Å². The van der Waals surface area contributed by atoms with Gasteiger partial charge in [0.15, 0.2) is 0 Å². The van der Waals surface area contributed by atoms with E-state index in [4.69, 9.17) is 10.5 Å². The van der Waals surface area contributed by atoms with Crippen molar-refractivity contribution < 1.29 is 4.74 Å². The number of hydrogen-bond donors (Lipinski definition) is 1. The van der Waals surface area contributed by atoms with Crippen molar-refractivity contribution in [1.29, 1.82) is 0 Å². The summed E-state index contributed by atoms with van der Waals surface area (Å²) in [4.78, 5) is 4.00. The summed E-state index contributed by atoms with van der Waals surface area (Å²) < 4.78 is 7.36. The van der Waals surface area contributed by atoms with E-state index in [1.54, 1.807) is 17.1 Å². The fourth-order valence-corrected chi connectivity index (χ4v) is 2.48. The molecular formula is C14H22N4OSi. The van der Waals surface area contributed by atoms with E-state index in [0.717, 1.165) is 23.9 Å². The van der Waals surface area contributed by atoms with Crippen LogP contribution in [0.5, 0.6) is 0 Å². The predicted molar refractivity (Wildman–Crippen MR) is 84.0 cm³/mol. The Hall–Kier alpha value is -1.66. The van der Waals surface area contributed by atoms with Crippen molar-refractivity contribution in [3.8, 4) is 11.3 Å². The van der Waals surface area contributed by atoms with Crippen molar-refractivity contribution in [1.82, 2.24) is 14.8 Å². The molecule has 0 saturated carbocycles. The number of nitrogen functional groups attached to an aromatic ring is 1. The zero-order chi connectivity index (χ0) is 14.6. The highest BCUT2D eigenvalue weighted by molar-refractivity contribution is 6.76. The minimum absolute atomic E-state index is 0.404. The maximum absolute atomic E-state index is 5.96. The lowest BCUT2D eigenvalue weighted by atomic mass is 10.2. The Morgan fingerprint density at radius 3 is 2.60 bits per heavy atom. The molecule has 0 spiro atoms. The van der Waals surface area contributed by atoms with Crippen LogP contribution in [0.4, 0.5) is 5.82 Å². The molecule has 2 aromatic rings. The van der Waals surface area contributed by atoms with Crippen LogP contribution < -0.4 is 5.73 Å². The third-order valence-electron chi connectivity index (χ3n) is 3.00. The van der Waals surface area contributed by atoms with Crippen LogP contribution in [0.3, 0.4) is 0 Å². The topological polar surface area (TPSA) is 66.0 Å². The van der Waals surface area contributed by atoms with Gasteiger partial charge in [-0.3, -0.25) is 4.98 Å². The lowest BCUT2D eigenvalue weighted by molar-refractivity contribution is 0.0803. The minimum Gasteiger partial charge on any atom is -0.384 e. The Labute approximate surface area is 120 Å². The van der Waals surface area contributed by atoms with Crippen molar-refractivity contribution in [3.05, 3.63) is 30.6 Å². The zero-order valence-electron chi connectivity index (χ0n) is 12.3. The summed E-state index contributed by atoms with van der Waals surface area (Å²) in [6.45, 7) is 8.17. The van der Waals surface area contributed by atoms with Gasteiger partial charge < -0.3 is 10.5 Å². The molecule has 0 amide bonds. The van der Waals surface area contributed by atoms with Gasteiger partial charge in [0, 0.05) is 38.7 Å². The molecule has 0 fully saturated rings. The van der Waals surface area contributed by atoms with Gasteiger partial charge in [0.25, 0.3) is 0 Å². The molecule has 2 heterocycles. The largest absolute Gasteiger partial charge is 0.384 e. The van der Waals surface area contributed by atoms with E-state index >= 15 is 0 Å². The van der Waals surface area contributed by atoms with Crippen LogP contribution >= 0.6 is 0 Å². The molecule has 0 saturated heterocycles. The molecule has 0 atom stereocenters. The van der Waals surface area contributed by atoms with Crippen LogP contribution in [0.25, 0.3) is 11.3 Å². The maximum atomic E-state index is 5.96. The SMILES string of the molecule is C[Si](C)(C)CCOCn1nc(-c2ccncc2)cc1N. The third-order valence-corrected chi connectivity index (χ3v) is 4.70. The summed E-state index contributed by atoms with van der Waals surface area (Å²) in [7, 11) is -1.05. The van der Waals surface area contributed by atoms with Crippen molar-refractivity contribution in [3.63, 3.8) is 0 Å². The Morgan fingerprint density at radius 2 is 1.95 bits per heavy atom. The second-order valence-corrected chi connectivity index (χ2v) is 11.7. The van der Waals surface area contributed by atoms with Crippen LogP contribution in [-0.2, 0) is 11.5 Å². The predicted octanol–water partition coefficient (Wildman–Crippen LogP) is 2.84. The summed E-state index contributed by atoms with van der Waals surface area (Å²) in [5.74, 6) is 0.616. The van der Waals surface area contributed by atoms with Gasteiger partial charge in [-0.05, 0) is 18.2 Å². The average molecular weight is 290 g/mol. The highest BCUT2D eigenvalue weighted by Gasteiger charge is 2.12. The fraction of sp³-hybridized carbons (Fsp3) is 0.429. The minimum atomic E-state index is -1.05. The monoisotopic (exact) mass is 290 g/mol. The summed E-state index contributed by atoms with van der Waals surface area (Å²) in [6.07, 6.45) is 3.49. The van der Waals surface area contributed by atoms with E-state index in [1.807, 2.05) is 18.2 Å². The first-order valence-electron chi connectivity index (χ1n) is 6.77. The summed E-state index contributed by atoms with van der Waals surface area (Å²) in [6, 6.07) is 6.83. The normalized spacial score (nSPS) is 11.8. The lowest BCUT2D eigenvalue weighted by Gasteiger charge is -2.15. The number of nitrogens with zero attached hydrogens (tertiary/aromatic N) is 3. The second kappa shape index (κ2) is 6.19. The molecular weight excluding hydrogens is 268 g/mol. The summed E-state index contributed by atoms with van der Waals surface area (Å²) in [5.41, 5.74) is 7.81. The molecule has 0 aliphatic heterocycles. The van der Waals surface area contributed by atoms with E-state index in [2.05, 4.69) is 29.7 Å². The molecule has 0 aromatic carbocycles. The van der Waals surface area contributed by atoms with Gasteiger partial charge >= 0.3 is 0 Å². The smallest absolute Gasteiger partial charge is 0.141 e. The van der Waals surface area contributed by atoms with Gasteiger partial charge in [0.2, 0.25) is 0 Å². The van der Waals surface area contributed by atoms with Gasteiger partial charge in [0.1, 0.15) is 12.5 Å². The number of anilines is 1. The Bertz CT molecular complexity index is 548. The van der Waals surface area contributed by atoms with Crippen LogP contribution in [-0.4, -0.2) is 29.4 Å². The van der Waals surface area contributed by atoms with Crippen molar-refractivity contribution in [2.24, 2.45) is 0 Å². The molecule has 0 aliphatic carbocycles. The fourth-order valence-electron chi connectivity index (χ4n) is 1.73. The van der Waals surface area contributed by atoms with Gasteiger partial charge in [0.05, 0.1) is 5.69 Å². The number of aromatic nitrogens is 3. The molecule has 2 N–H and O–H groups in total. The van der Waals surface area contributed by atoms with E-state index in [9.17, 15) is 0 Å². The number of ether oxygens (including phenoxy) is 1. The van der Waals surface area contributed by atoms with E-state index < -0.39 is 8.07 Å². The number of hydrogen-bond acceptors (Lipinski definition) is 4. The Morgan fingerprint density at radius 1 is 1.25 bits per heavy atom. The van der Waals surface area contributed by atoms with Crippen LogP contribution in [0.2, 0.25) is 25.7 Å². The summed E-state index contributed by atoms with van der Waals surface area (Å²) in [5, 5.41) is 4.46. The summed E-state index contributed by atoms with van der Waals surface area (Å²) >= 11 is 0. The van der Waals surface area contributed by atoms with Crippen molar-refractivity contribution >= 4 is 13.9 Å². The van der Waals surface area contributed by atoms with E-state index in [1.165, 1.54) is 0 Å². The van der Waals surface area contributed by atoms with Crippen molar-refractivity contribution in [2.45, 2.75) is 32.4 Å². The van der Waals surface area contributed by atoms with Gasteiger partial charge in [-0.2, -0.15) is 5.10 Å². The number of pyridine rings is 1. The molecule has 0 radical (unpaired) electrons. The highest BCUT2D eigenvalue weighted by atomic mass is 28.3. The highest BCUT2D eigenvalue weighted by Crippen LogP contribution is 2.19. The Balaban J connectivity index is 1.95. The first-order valence-corrected chi connectivity index (χ1v) is 10.5. The molecule has 0 aliphatic rings. The van der Waals surface area contributed by atoms with Crippen LogP contribution in [0.15, 0.2) is 30.6 Å². The van der Waals surface area contributed by atoms with Gasteiger partial charge in [-0.25, -0.2) is 4.68 Å². The van der Waals surface area contributed by atoms with Gasteiger partial charge in [-0.15, -0.1) is 0 Å². The first-order chi connectivity index (χ1) is 9.46. The quantitative estimate of drug-likeness (QED) is 0.656. The molecule has 108 valence electrons. The standard InChI is InChI=1S/C14H22N4OSi/c1-20(2,3)9-8-19-11-18-14(15)10-13(17-18)12-4-6-16-7-5-12/h4-7,10H,8-9,11,15H2,1-3H3. The average Bonchev–Trinajstić information content (AvgIpc) is 2.76. The van der Waals surface area contributed by atoms with Gasteiger partial charge in [-0.1, -0.05) is 19.6 Å². The molecule has 2 aromatic heterocycles. The number of rotatable bonds is 6. The third kappa shape index (κ3) is 4.18. The Kier molecular flexibility index (Phi) is 4.56. The lowest BCUT2D eigenvalue weighted by Crippen LogP contribution is -2.22.